The molecule has 2 aromatic rings. The van der Waals surface area contributed by atoms with E-state index >= 15 is 0 Å². The summed E-state index contributed by atoms with van der Waals surface area (Å²) >= 11 is 1.25. The van der Waals surface area contributed by atoms with Gasteiger partial charge >= 0.3 is 5.97 Å². The van der Waals surface area contributed by atoms with Crippen LogP contribution >= 0.6 is 11.8 Å². The van der Waals surface area contributed by atoms with E-state index in [1.54, 1.807) is 24.3 Å². The largest absolute Gasteiger partial charge is 0.493 e. The lowest BCUT2D eigenvalue weighted by Gasteiger charge is -2.14. The molecule has 3 rings (SSSR count). The van der Waals surface area contributed by atoms with Crippen molar-refractivity contribution in [2.24, 2.45) is 4.99 Å². The van der Waals surface area contributed by atoms with Gasteiger partial charge in [0, 0.05) is 0 Å². The number of thioether (sulfide) groups is 1. The normalized spacial score (nSPS) is 17.3. The Balaban J connectivity index is 1.80. The predicted molar refractivity (Wildman–Crippen MR) is 113 cm³/mol. The lowest BCUT2D eigenvalue weighted by Crippen LogP contribution is -2.23. The van der Waals surface area contributed by atoms with Crippen LogP contribution in [0.15, 0.2) is 52.4 Å². The van der Waals surface area contributed by atoms with Gasteiger partial charge in [-0.25, -0.2) is 9.79 Å². The van der Waals surface area contributed by atoms with E-state index in [2.05, 4.69) is 10.3 Å². The van der Waals surface area contributed by atoms with Gasteiger partial charge in [0.1, 0.15) is 0 Å². The number of nitrogens with zero attached hydrogens (tertiary/aromatic N) is 1. The van der Waals surface area contributed by atoms with Crippen molar-refractivity contribution < 1.29 is 24.2 Å². The highest BCUT2D eigenvalue weighted by Crippen LogP contribution is 2.32. The first-order valence-electron chi connectivity index (χ1n) is 8.79. The van der Waals surface area contributed by atoms with Crippen molar-refractivity contribution in [3.8, 4) is 11.5 Å². The first kappa shape index (κ1) is 20.5. The van der Waals surface area contributed by atoms with Gasteiger partial charge in [0.05, 0.1) is 17.7 Å². The summed E-state index contributed by atoms with van der Waals surface area (Å²) in [7, 11) is 1.47. The predicted octanol–water partition coefficient (Wildman–Crippen LogP) is 3.75. The molecule has 0 bridgehead atoms. The van der Waals surface area contributed by atoms with Gasteiger partial charge in [0.2, 0.25) is 0 Å². The van der Waals surface area contributed by atoms with Gasteiger partial charge < -0.3 is 19.9 Å². The third kappa shape index (κ3) is 5.17. The van der Waals surface area contributed by atoms with Gasteiger partial charge in [-0.3, -0.25) is 4.79 Å². The Morgan fingerprint density at radius 2 is 2.03 bits per heavy atom. The molecule has 150 valence electrons. The van der Waals surface area contributed by atoms with Crippen LogP contribution in [0.3, 0.4) is 0 Å². The molecule has 2 N–H and O–H groups in total. The molecule has 8 heteroatoms. The summed E-state index contributed by atoms with van der Waals surface area (Å²) in [6.07, 6.45) is 0.704. The molecule has 1 aliphatic rings. The van der Waals surface area contributed by atoms with Gasteiger partial charge in [0.15, 0.2) is 22.8 Å². The van der Waals surface area contributed by atoms with E-state index < -0.39 is 12.1 Å². The fraction of sp³-hybridized carbons (Fsp3) is 0.190. The number of carbonyl (C=O) groups excluding carboxylic acids is 1. The van der Waals surface area contributed by atoms with Crippen molar-refractivity contribution in [3.05, 3.63) is 58.5 Å². The van der Waals surface area contributed by atoms with Gasteiger partial charge in [-0.15, -0.1) is 0 Å². The van der Waals surface area contributed by atoms with Crippen molar-refractivity contribution in [2.45, 2.75) is 20.0 Å². The number of nitrogens with one attached hydrogen (secondary N) is 1. The highest BCUT2D eigenvalue weighted by molar-refractivity contribution is 8.18. The average molecular weight is 412 g/mol. The quantitative estimate of drug-likeness (QED) is 0.702. The zero-order valence-electron chi connectivity index (χ0n) is 16.1. The van der Waals surface area contributed by atoms with Crippen LogP contribution in [0.25, 0.3) is 6.08 Å². The van der Waals surface area contributed by atoms with Gasteiger partial charge in [-0.05, 0) is 67.1 Å². The van der Waals surface area contributed by atoms with Crippen LogP contribution in [0.5, 0.6) is 11.5 Å². The van der Waals surface area contributed by atoms with Crippen LogP contribution in [-0.2, 0) is 9.59 Å². The number of amidine groups is 1. The van der Waals surface area contributed by atoms with E-state index in [0.29, 0.717) is 27.1 Å². The summed E-state index contributed by atoms with van der Waals surface area (Å²) < 4.78 is 10.7. The number of rotatable bonds is 6. The molecule has 7 nitrogen and oxygen atoms in total. The van der Waals surface area contributed by atoms with Gasteiger partial charge in [-0.1, -0.05) is 18.2 Å². The van der Waals surface area contributed by atoms with Crippen molar-refractivity contribution in [1.82, 2.24) is 5.32 Å². The molecule has 0 aliphatic carbocycles. The number of carbonyl (C=O) groups is 2. The van der Waals surface area contributed by atoms with E-state index in [4.69, 9.17) is 14.6 Å². The number of carboxylic acid groups (broad SMARTS) is 1. The van der Waals surface area contributed by atoms with Crippen LogP contribution < -0.4 is 14.8 Å². The summed E-state index contributed by atoms with van der Waals surface area (Å²) in [4.78, 5) is 28.2. The lowest BCUT2D eigenvalue weighted by atomic mass is 10.2. The zero-order chi connectivity index (χ0) is 21.0. The zero-order valence-corrected chi connectivity index (χ0v) is 16.9. The van der Waals surface area contributed by atoms with Crippen molar-refractivity contribution in [2.75, 3.05) is 7.11 Å². The Bertz CT molecular complexity index is 1020. The summed E-state index contributed by atoms with van der Waals surface area (Å²) in [5.74, 6) is -0.614. The smallest absolute Gasteiger partial charge is 0.344 e. The molecular formula is C21H20N2O5S. The number of aryl methyl sites for hydroxylation is 1. The fourth-order valence-electron chi connectivity index (χ4n) is 2.56. The molecule has 1 saturated heterocycles. The highest BCUT2D eigenvalue weighted by atomic mass is 32.2. The van der Waals surface area contributed by atoms with Crippen molar-refractivity contribution in [1.29, 1.82) is 0 Å². The maximum Gasteiger partial charge on any atom is 0.344 e. The maximum atomic E-state index is 12.3. The summed E-state index contributed by atoms with van der Waals surface area (Å²) in [5.41, 5.74) is 2.57. The topological polar surface area (TPSA) is 97.2 Å². The molecule has 29 heavy (non-hydrogen) atoms. The second-order valence-corrected chi connectivity index (χ2v) is 7.36. The number of amides is 1. The SMILES string of the molecule is COc1cc(/C=C2\SC(=Nc3cccc(C)c3)NC2=O)ccc1O[C@H](C)C(=O)O. The van der Waals surface area contributed by atoms with Crippen LogP contribution in [-0.4, -0.2) is 35.4 Å². The van der Waals surface area contributed by atoms with Crippen LogP contribution in [0, 0.1) is 6.92 Å². The number of aliphatic carboxylic acids is 1. The van der Waals surface area contributed by atoms with E-state index in [-0.39, 0.29) is 5.91 Å². The summed E-state index contributed by atoms with van der Waals surface area (Å²) in [6, 6.07) is 12.7. The molecule has 1 aliphatic heterocycles. The number of carboxylic acids is 1. The number of ether oxygens (including phenoxy) is 2. The third-order valence-electron chi connectivity index (χ3n) is 4.02. The Labute approximate surface area is 172 Å². The van der Waals surface area contributed by atoms with Gasteiger partial charge in [-0.2, -0.15) is 0 Å². The Morgan fingerprint density at radius 1 is 1.24 bits per heavy atom. The molecule has 1 amide bonds. The van der Waals surface area contributed by atoms with Crippen LogP contribution in [0.1, 0.15) is 18.1 Å². The number of hydrogen-bond donors (Lipinski definition) is 2. The number of benzene rings is 2. The second kappa shape index (κ2) is 8.83. The van der Waals surface area contributed by atoms with E-state index in [0.717, 1.165) is 11.3 Å². The van der Waals surface area contributed by atoms with Gasteiger partial charge in [0.25, 0.3) is 5.91 Å². The number of aliphatic imine (C=N–C) groups is 1. The Morgan fingerprint density at radius 3 is 2.72 bits per heavy atom. The average Bonchev–Trinajstić information content (AvgIpc) is 3.01. The van der Waals surface area contributed by atoms with E-state index in [1.165, 1.54) is 25.8 Å². The second-order valence-electron chi connectivity index (χ2n) is 6.33. The molecular weight excluding hydrogens is 392 g/mol. The highest BCUT2D eigenvalue weighted by Gasteiger charge is 2.24. The van der Waals surface area contributed by atoms with Crippen LogP contribution in [0.2, 0.25) is 0 Å². The minimum Gasteiger partial charge on any atom is -0.493 e. The summed E-state index contributed by atoms with van der Waals surface area (Å²) in [6.45, 7) is 3.42. The van der Waals surface area contributed by atoms with E-state index in [1.807, 2.05) is 31.2 Å². The monoisotopic (exact) mass is 412 g/mol. The molecule has 1 atom stereocenters. The summed E-state index contributed by atoms with van der Waals surface area (Å²) in [5, 5.41) is 12.3. The molecule has 0 spiro atoms. The molecule has 0 aromatic heterocycles. The molecule has 0 saturated carbocycles. The lowest BCUT2D eigenvalue weighted by molar-refractivity contribution is -0.144. The minimum absolute atomic E-state index is 0.236. The van der Waals surface area contributed by atoms with Crippen LogP contribution in [0.4, 0.5) is 5.69 Å². The maximum absolute atomic E-state index is 12.3. The molecule has 1 heterocycles. The molecule has 1 fully saturated rings. The molecule has 2 aromatic carbocycles. The Hall–Kier alpha value is -3.26. The number of hydrogen-bond acceptors (Lipinski definition) is 6. The van der Waals surface area contributed by atoms with Crippen molar-refractivity contribution in [3.63, 3.8) is 0 Å². The third-order valence-corrected chi connectivity index (χ3v) is 4.93. The van der Waals surface area contributed by atoms with E-state index in [9.17, 15) is 9.59 Å². The molecule has 0 unspecified atom stereocenters. The minimum atomic E-state index is -1.07. The first-order chi connectivity index (χ1) is 13.9. The molecule has 0 radical (unpaired) electrons. The Kier molecular flexibility index (Phi) is 6.23. The fourth-order valence-corrected chi connectivity index (χ4v) is 3.40. The number of methoxy groups -OCH3 is 1. The standard InChI is InChI=1S/C21H20N2O5S/c1-12-5-4-6-15(9-12)22-21-23-19(24)18(29-21)11-14-7-8-16(17(10-14)27-3)28-13(2)20(25)26/h4-11,13H,1-3H3,(H,25,26)(H,22,23,24)/b18-11-/t13-/m1/s1. The van der Waals surface area contributed by atoms with Crippen molar-refractivity contribution >= 4 is 40.6 Å². The first-order valence-corrected chi connectivity index (χ1v) is 9.61.